The maximum atomic E-state index is 6.19. The number of hydrogen-bond donors (Lipinski definition) is 0. The SMILES string of the molecule is c1cc(C2=NC3(CCCCC3)CO2)ccc1OC1CC(N2CCCCC2)C1. The van der Waals surface area contributed by atoms with Crippen molar-refractivity contribution >= 4 is 5.90 Å². The van der Waals surface area contributed by atoms with Crippen molar-refractivity contribution in [3.63, 3.8) is 0 Å². The predicted octanol–water partition coefficient (Wildman–Crippen LogP) is 4.56. The summed E-state index contributed by atoms with van der Waals surface area (Å²) in [6, 6.07) is 9.14. The second kappa shape index (κ2) is 7.46. The van der Waals surface area contributed by atoms with Crippen molar-refractivity contribution in [1.29, 1.82) is 0 Å². The predicted molar refractivity (Wildman–Crippen MR) is 108 cm³/mol. The van der Waals surface area contributed by atoms with Crippen molar-refractivity contribution in [2.45, 2.75) is 81.9 Å². The van der Waals surface area contributed by atoms with E-state index in [9.17, 15) is 0 Å². The Labute approximate surface area is 162 Å². The molecule has 1 saturated heterocycles. The van der Waals surface area contributed by atoms with Crippen LogP contribution in [-0.4, -0.2) is 48.2 Å². The van der Waals surface area contributed by atoms with Crippen LogP contribution in [-0.2, 0) is 4.74 Å². The van der Waals surface area contributed by atoms with Gasteiger partial charge in [-0.1, -0.05) is 25.7 Å². The topological polar surface area (TPSA) is 34.1 Å². The normalized spacial score (nSPS) is 30.4. The summed E-state index contributed by atoms with van der Waals surface area (Å²) in [6.07, 6.45) is 13.2. The van der Waals surface area contributed by atoms with Crippen LogP contribution in [0.5, 0.6) is 5.75 Å². The van der Waals surface area contributed by atoms with Crippen molar-refractivity contribution in [1.82, 2.24) is 4.90 Å². The monoisotopic (exact) mass is 368 g/mol. The smallest absolute Gasteiger partial charge is 0.216 e. The first-order valence-corrected chi connectivity index (χ1v) is 11.0. The fourth-order valence-corrected chi connectivity index (χ4v) is 5.18. The van der Waals surface area contributed by atoms with Gasteiger partial charge < -0.3 is 14.4 Å². The number of aliphatic imine (C=N–C) groups is 1. The highest BCUT2D eigenvalue weighted by Gasteiger charge is 2.38. The lowest BCUT2D eigenvalue weighted by molar-refractivity contribution is 0.00892. The average molecular weight is 369 g/mol. The first-order valence-electron chi connectivity index (χ1n) is 11.0. The van der Waals surface area contributed by atoms with E-state index >= 15 is 0 Å². The van der Waals surface area contributed by atoms with Crippen molar-refractivity contribution in [3.8, 4) is 5.75 Å². The molecule has 0 aromatic heterocycles. The van der Waals surface area contributed by atoms with Gasteiger partial charge in [-0.3, -0.25) is 0 Å². The van der Waals surface area contributed by atoms with Gasteiger partial charge in [-0.25, -0.2) is 4.99 Å². The minimum absolute atomic E-state index is 0.0676. The first kappa shape index (κ1) is 17.5. The summed E-state index contributed by atoms with van der Waals surface area (Å²) in [4.78, 5) is 7.65. The van der Waals surface area contributed by atoms with Crippen LogP contribution >= 0.6 is 0 Å². The Bertz CT molecular complexity index is 666. The Hall–Kier alpha value is -1.55. The van der Waals surface area contributed by atoms with Gasteiger partial charge in [0.2, 0.25) is 5.90 Å². The Morgan fingerprint density at radius 1 is 0.926 bits per heavy atom. The molecule has 1 spiro atoms. The van der Waals surface area contributed by atoms with Crippen LogP contribution in [0.1, 0.15) is 69.8 Å². The molecule has 2 aliphatic carbocycles. The van der Waals surface area contributed by atoms with E-state index in [1.165, 1.54) is 77.3 Å². The van der Waals surface area contributed by atoms with E-state index < -0.39 is 0 Å². The summed E-state index contributed by atoms with van der Waals surface area (Å²) < 4.78 is 12.2. The third-order valence-electron chi connectivity index (χ3n) is 6.98. The lowest BCUT2D eigenvalue weighted by Crippen LogP contribution is -2.50. The number of benzene rings is 1. The van der Waals surface area contributed by atoms with Crippen LogP contribution in [0.25, 0.3) is 0 Å². The molecule has 3 fully saturated rings. The van der Waals surface area contributed by atoms with Crippen molar-refractivity contribution < 1.29 is 9.47 Å². The number of nitrogens with zero attached hydrogens (tertiary/aromatic N) is 2. The molecule has 2 aliphatic heterocycles. The Kier molecular flexibility index (Phi) is 4.85. The molecule has 27 heavy (non-hydrogen) atoms. The van der Waals surface area contributed by atoms with Crippen LogP contribution in [0.2, 0.25) is 0 Å². The van der Waals surface area contributed by atoms with Crippen LogP contribution < -0.4 is 4.74 Å². The molecule has 0 N–H and O–H groups in total. The number of hydrogen-bond acceptors (Lipinski definition) is 4. The molecule has 1 aromatic carbocycles. The number of rotatable bonds is 4. The van der Waals surface area contributed by atoms with Gasteiger partial charge in [0.15, 0.2) is 0 Å². The van der Waals surface area contributed by atoms with Crippen LogP contribution in [0.3, 0.4) is 0 Å². The van der Waals surface area contributed by atoms with E-state index in [4.69, 9.17) is 14.5 Å². The first-order chi connectivity index (χ1) is 13.3. The zero-order valence-corrected chi connectivity index (χ0v) is 16.4. The average Bonchev–Trinajstić information content (AvgIpc) is 3.09. The molecule has 4 heteroatoms. The second-order valence-corrected chi connectivity index (χ2v) is 8.98. The molecule has 5 rings (SSSR count). The third kappa shape index (κ3) is 3.73. The summed E-state index contributed by atoms with van der Waals surface area (Å²) >= 11 is 0. The summed E-state index contributed by atoms with van der Waals surface area (Å²) in [5.74, 6) is 1.81. The van der Waals surface area contributed by atoms with Crippen molar-refractivity contribution in [2.24, 2.45) is 4.99 Å². The van der Waals surface area contributed by atoms with Crippen LogP contribution in [0.15, 0.2) is 29.3 Å². The van der Waals surface area contributed by atoms with Crippen molar-refractivity contribution in [3.05, 3.63) is 29.8 Å². The number of likely N-dealkylation sites (tertiary alicyclic amines) is 1. The zero-order valence-electron chi connectivity index (χ0n) is 16.4. The van der Waals surface area contributed by atoms with Gasteiger partial charge in [-0.05, 0) is 63.0 Å². The summed E-state index contributed by atoms with van der Waals surface area (Å²) in [5.41, 5.74) is 1.16. The largest absolute Gasteiger partial charge is 0.490 e. The second-order valence-electron chi connectivity index (χ2n) is 8.98. The molecule has 2 saturated carbocycles. The van der Waals surface area contributed by atoms with E-state index in [0.29, 0.717) is 6.10 Å². The molecule has 0 radical (unpaired) electrons. The lowest BCUT2D eigenvalue weighted by atomic mass is 9.83. The fraction of sp³-hybridized carbons (Fsp3) is 0.696. The quantitative estimate of drug-likeness (QED) is 0.781. The third-order valence-corrected chi connectivity index (χ3v) is 6.98. The molecular formula is C23H32N2O2. The molecule has 1 aromatic rings. The Morgan fingerprint density at radius 2 is 1.63 bits per heavy atom. The van der Waals surface area contributed by atoms with Gasteiger partial charge in [0.1, 0.15) is 18.5 Å². The summed E-state index contributed by atoms with van der Waals surface area (Å²) in [5, 5.41) is 0. The molecule has 0 amide bonds. The lowest BCUT2D eigenvalue weighted by Gasteiger charge is -2.44. The number of ether oxygens (including phenoxy) is 2. The highest BCUT2D eigenvalue weighted by molar-refractivity contribution is 5.95. The highest BCUT2D eigenvalue weighted by Crippen LogP contribution is 2.36. The molecule has 2 heterocycles. The van der Waals surface area contributed by atoms with E-state index in [-0.39, 0.29) is 5.54 Å². The standard InChI is InChI=1S/C23H32N2O2/c1-3-11-23(12-4-1)17-26-22(24-23)18-7-9-20(10-8-18)27-21-15-19(16-21)25-13-5-2-6-14-25/h7-10,19,21H,1-6,11-17H2. The molecule has 0 bridgehead atoms. The molecule has 4 aliphatic rings. The van der Waals surface area contributed by atoms with Gasteiger partial charge in [0, 0.05) is 24.4 Å². The van der Waals surface area contributed by atoms with E-state index in [0.717, 1.165) is 29.9 Å². The molecule has 0 unspecified atom stereocenters. The molecule has 0 atom stereocenters. The van der Waals surface area contributed by atoms with Gasteiger partial charge in [-0.2, -0.15) is 0 Å². The maximum absolute atomic E-state index is 6.19. The number of piperidine rings is 1. The van der Waals surface area contributed by atoms with E-state index in [2.05, 4.69) is 29.2 Å². The summed E-state index contributed by atoms with van der Waals surface area (Å²) in [6.45, 7) is 3.34. The van der Waals surface area contributed by atoms with E-state index in [1.807, 2.05) is 0 Å². The Balaban J connectivity index is 1.15. The van der Waals surface area contributed by atoms with E-state index in [1.54, 1.807) is 0 Å². The highest BCUT2D eigenvalue weighted by atomic mass is 16.5. The van der Waals surface area contributed by atoms with Crippen LogP contribution in [0, 0.1) is 0 Å². The van der Waals surface area contributed by atoms with Gasteiger partial charge in [0.25, 0.3) is 0 Å². The minimum Gasteiger partial charge on any atom is -0.490 e. The van der Waals surface area contributed by atoms with Crippen LogP contribution in [0.4, 0.5) is 0 Å². The van der Waals surface area contributed by atoms with Crippen molar-refractivity contribution in [2.75, 3.05) is 19.7 Å². The van der Waals surface area contributed by atoms with Gasteiger partial charge >= 0.3 is 0 Å². The zero-order chi connectivity index (χ0) is 18.1. The fourth-order valence-electron chi connectivity index (χ4n) is 5.18. The molecule has 146 valence electrons. The summed E-state index contributed by atoms with van der Waals surface area (Å²) in [7, 11) is 0. The Morgan fingerprint density at radius 3 is 2.37 bits per heavy atom. The maximum Gasteiger partial charge on any atom is 0.216 e. The molecular weight excluding hydrogens is 336 g/mol. The van der Waals surface area contributed by atoms with Gasteiger partial charge in [-0.15, -0.1) is 0 Å². The minimum atomic E-state index is 0.0676. The van der Waals surface area contributed by atoms with Gasteiger partial charge in [0.05, 0.1) is 5.54 Å². The molecule has 4 nitrogen and oxygen atoms in total.